The van der Waals surface area contributed by atoms with Gasteiger partial charge < -0.3 is 14.6 Å². The third-order valence-electron chi connectivity index (χ3n) is 4.75. The fourth-order valence-electron chi connectivity index (χ4n) is 3.85. The maximum Gasteiger partial charge on any atom is 0.334 e. The van der Waals surface area contributed by atoms with Crippen molar-refractivity contribution in [1.29, 1.82) is 0 Å². The van der Waals surface area contributed by atoms with Gasteiger partial charge in [-0.3, -0.25) is 9.59 Å². The molecule has 0 unspecified atom stereocenters. The molecule has 4 atom stereocenters. The SMILES string of the molecule is C=C1C(=O)O[C@@H]2[C@H]3C(CO)=CC(=O)C3=C(C)C[C@H](OC(C)=O)[C@@H]12. The van der Waals surface area contributed by atoms with Gasteiger partial charge in [0, 0.05) is 30.4 Å². The Hall–Kier alpha value is -2.21. The van der Waals surface area contributed by atoms with Gasteiger partial charge in [-0.1, -0.05) is 12.2 Å². The monoisotopic (exact) mass is 318 g/mol. The molecule has 0 aromatic heterocycles. The molecule has 3 rings (SSSR count). The molecule has 3 aliphatic rings. The molecule has 6 heteroatoms. The Bertz CT molecular complexity index is 683. The number of allylic oxidation sites excluding steroid dienone is 1. The second-order valence-corrected chi connectivity index (χ2v) is 6.19. The Labute approximate surface area is 133 Å². The van der Waals surface area contributed by atoms with Crippen molar-refractivity contribution >= 4 is 17.7 Å². The van der Waals surface area contributed by atoms with Gasteiger partial charge in [-0.25, -0.2) is 4.79 Å². The van der Waals surface area contributed by atoms with E-state index in [1.165, 1.54) is 13.0 Å². The van der Waals surface area contributed by atoms with Crippen molar-refractivity contribution in [3.8, 4) is 0 Å². The van der Waals surface area contributed by atoms with E-state index in [4.69, 9.17) is 9.47 Å². The van der Waals surface area contributed by atoms with Gasteiger partial charge >= 0.3 is 11.9 Å². The lowest BCUT2D eigenvalue weighted by molar-refractivity contribution is -0.150. The van der Waals surface area contributed by atoms with Crippen molar-refractivity contribution in [2.24, 2.45) is 11.8 Å². The second kappa shape index (κ2) is 5.45. The number of fused-ring (bicyclic) bond motifs is 3. The number of esters is 2. The summed E-state index contributed by atoms with van der Waals surface area (Å²) in [6.07, 6.45) is 0.446. The molecule has 1 N–H and O–H groups in total. The number of ether oxygens (including phenoxy) is 2. The molecule has 0 spiro atoms. The average molecular weight is 318 g/mol. The molecule has 0 amide bonds. The van der Waals surface area contributed by atoms with E-state index in [1.807, 2.05) is 0 Å². The highest BCUT2D eigenvalue weighted by atomic mass is 16.6. The lowest BCUT2D eigenvalue weighted by atomic mass is 9.82. The summed E-state index contributed by atoms with van der Waals surface area (Å²) in [6, 6.07) is 0. The standard InChI is InChI=1S/C17H18O6/c1-7-4-12(22-9(3)19)14-8(2)17(21)23-16(14)15-10(6-18)5-11(20)13(7)15/h5,12,14-16,18H,2,4,6H2,1,3H3/t12-,14+,15-,16-/m0/s1. The van der Waals surface area contributed by atoms with Gasteiger partial charge in [-0.05, 0) is 18.6 Å². The summed E-state index contributed by atoms with van der Waals surface area (Å²) in [5.74, 6) is -2.22. The Balaban J connectivity index is 2.11. The smallest absolute Gasteiger partial charge is 0.334 e. The Morgan fingerprint density at radius 1 is 1.48 bits per heavy atom. The second-order valence-electron chi connectivity index (χ2n) is 6.19. The molecule has 0 bridgehead atoms. The summed E-state index contributed by atoms with van der Waals surface area (Å²) in [6.45, 7) is 6.59. The van der Waals surface area contributed by atoms with E-state index >= 15 is 0 Å². The van der Waals surface area contributed by atoms with Gasteiger partial charge in [-0.2, -0.15) is 0 Å². The summed E-state index contributed by atoms with van der Waals surface area (Å²) in [7, 11) is 0. The van der Waals surface area contributed by atoms with Crippen LogP contribution < -0.4 is 0 Å². The normalized spacial score (nSPS) is 33.0. The van der Waals surface area contributed by atoms with E-state index in [0.717, 1.165) is 5.57 Å². The van der Waals surface area contributed by atoms with E-state index in [0.29, 0.717) is 17.6 Å². The topological polar surface area (TPSA) is 89.9 Å². The van der Waals surface area contributed by atoms with Gasteiger partial charge in [0.15, 0.2) is 5.78 Å². The van der Waals surface area contributed by atoms with Crippen molar-refractivity contribution in [2.75, 3.05) is 6.61 Å². The van der Waals surface area contributed by atoms with Gasteiger partial charge in [0.1, 0.15) is 12.2 Å². The summed E-state index contributed by atoms with van der Waals surface area (Å²) >= 11 is 0. The number of hydrogen-bond donors (Lipinski definition) is 1. The summed E-state index contributed by atoms with van der Waals surface area (Å²) in [5.41, 5.74) is 2.07. The van der Waals surface area contributed by atoms with Crippen molar-refractivity contribution < 1.29 is 29.0 Å². The van der Waals surface area contributed by atoms with Gasteiger partial charge in [-0.15, -0.1) is 0 Å². The quantitative estimate of drug-likeness (QED) is 0.600. The molecule has 0 aromatic carbocycles. The molecule has 6 nitrogen and oxygen atoms in total. The average Bonchev–Trinajstić information content (AvgIpc) is 2.91. The Morgan fingerprint density at radius 2 is 2.17 bits per heavy atom. The summed E-state index contributed by atoms with van der Waals surface area (Å²) < 4.78 is 10.8. The highest BCUT2D eigenvalue weighted by Crippen LogP contribution is 2.48. The van der Waals surface area contributed by atoms with Gasteiger partial charge in [0.25, 0.3) is 0 Å². The summed E-state index contributed by atoms with van der Waals surface area (Å²) in [4.78, 5) is 35.7. The highest BCUT2D eigenvalue weighted by molar-refractivity contribution is 6.09. The lowest BCUT2D eigenvalue weighted by Crippen LogP contribution is -2.36. The molecule has 0 saturated carbocycles. The number of rotatable bonds is 2. The largest absolute Gasteiger partial charge is 0.461 e. The fourth-order valence-corrected chi connectivity index (χ4v) is 3.85. The van der Waals surface area contributed by atoms with Gasteiger partial charge in [0.2, 0.25) is 0 Å². The maximum atomic E-state index is 12.3. The molecular formula is C17H18O6. The van der Waals surface area contributed by atoms with Crippen LogP contribution in [0.4, 0.5) is 0 Å². The van der Waals surface area contributed by atoms with E-state index in [1.54, 1.807) is 6.92 Å². The minimum atomic E-state index is -0.684. The van der Waals surface area contributed by atoms with Crippen LogP contribution in [0.2, 0.25) is 0 Å². The molecule has 1 saturated heterocycles. The zero-order valence-electron chi connectivity index (χ0n) is 13.0. The number of carbonyl (C=O) groups excluding carboxylic acids is 3. The first-order chi connectivity index (χ1) is 10.8. The molecule has 122 valence electrons. The minimum absolute atomic E-state index is 0.188. The molecular weight excluding hydrogens is 300 g/mol. The number of aliphatic hydroxyl groups is 1. The Morgan fingerprint density at radius 3 is 2.78 bits per heavy atom. The van der Waals surface area contributed by atoms with Crippen LogP contribution >= 0.6 is 0 Å². The van der Waals surface area contributed by atoms with Crippen molar-refractivity contribution in [2.45, 2.75) is 32.5 Å². The van der Waals surface area contributed by atoms with Crippen LogP contribution in [0, 0.1) is 11.8 Å². The minimum Gasteiger partial charge on any atom is -0.461 e. The molecule has 2 aliphatic carbocycles. The van der Waals surface area contributed by atoms with Crippen molar-refractivity contribution in [3.63, 3.8) is 0 Å². The van der Waals surface area contributed by atoms with Crippen LogP contribution in [0.3, 0.4) is 0 Å². The summed E-state index contributed by atoms with van der Waals surface area (Å²) in [5, 5.41) is 9.57. The molecule has 23 heavy (non-hydrogen) atoms. The third kappa shape index (κ3) is 2.34. The molecule has 0 radical (unpaired) electrons. The van der Waals surface area contributed by atoms with Gasteiger partial charge in [0.05, 0.1) is 12.5 Å². The number of carbonyl (C=O) groups is 3. The predicted octanol–water partition coefficient (Wildman–Crippen LogP) is 0.854. The zero-order valence-corrected chi connectivity index (χ0v) is 13.0. The third-order valence-corrected chi connectivity index (χ3v) is 4.75. The van der Waals surface area contributed by atoms with Crippen molar-refractivity contribution in [3.05, 3.63) is 34.9 Å². The van der Waals surface area contributed by atoms with Crippen LogP contribution in [0.1, 0.15) is 20.3 Å². The fraction of sp³-hybridized carbons (Fsp3) is 0.471. The van der Waals surface area contributed by atoms with Crippen LogP contribution in [0.15, 0.2) is 34.9 Å². The van der Waals surface area contributed by atoms with Crippen molar-refractivity contribution in [1.82, 2.24) is 0 Å². The zero-order chi connectivity index (χ0) is 16.9. The van der Waals surface area contributed by atoms with E-state index in [9.17, 15) is 19.5 Å². The van der Waals surface area contributed by atoms with Crippen LogP contribution in [0.25, 0.3) is 0 Å². The molecule has 0 aromatic rings. The Kier molecular flexibility index (Phi) is 3.72. The first-order valence-corrected chi connectivity index (χ1v) is 7.47. The number of ketones is 1. The van der Waals surface area contributed by atoms with Crippen LogP contribution in [-0.4, -0.2) is 41.6 Å². The molecule has 1 fully saturated rings. The first-order valence-electron chi connectivity index (χ1n) is 7.47. The van der Waals surface area contributed by atoms with Crippen LogP contribution in [0.5, 0.6) is 0 Å². The molecule has 1 aliphatic heterocycles. The number of aliphatic hydroxyl groups excluding tert-OH is 1. The van der Waals surface area contributed by atoms with Crippen LogP contribution in [-0.2, 0) is 23.9 Å². The van der Waals surface area contributed by atoms with E-state index in [2.05, 4.69) is 6.58 Å². The maximum absolute atomic E-state index is 12.3. The lowest BCUT2D eigenvalue weighted by Gasteiger charge is -2.27. The van der Waals surface area contributed by atoms with E-state index in [-0.39, 0.29) is 18.0 Å². The first kappa shape index (κ1) is 15.7. The highest BCUT2D eigenvalue weighted by Gasteiger charge is 2.54. The number of hydrogen-bond acceptors (Lipinski definition) is 6. The molecule has 1 heterocycles. The van der Waals surface area contributed by atoms with E-state index < -0.39 is 36.0 Å². The predicted molar refractivity (Wildman–Crippen MR) is 79.0 cm³/mol.